The van der Waals surface area contributed by atoms with Crippen molar-refractivity contribution in [3.8, 4) is 5.75 Å². The van der Waals surface area contributed by atoms with Crippen LogP contribution in [0.25, 0.3) is 0 Å². The summed E-state index contributed by atoms with van der Waals surface area (Å²) in [4.78, 5) is 24.4. The van der Waals surface area contributed by atoms with E-state index in [1.165, 1.54) is 0 Å². The molecule has 1 aromatic carbocycles. The molecule has 0 saturated carbocycles. The molecular formula is C15H19NO4. The lowest BCUT2D eigenvalue weighted by atomic mass is 10.1. The number of benzene rings is 1. The Kier molecular flexibility index (Phi) is 4.61. The minimum absolute atomic E-state index is 0.0688. The summed E-state index contributed by atoms with van der Waals surface area (Å²) in [6, 6.07) is 5.73. The monoisotopic (exact) mass is 277 g/mol. The molecule has 1 aliphatic rings. The van der Waals surface area contributed by atoms with E-state index in [0.29, 0.717) is 25.8 Å². The Hall–Kier alpha value is -2.04. The lowest BCUT2D eigenvalue weighted by molar-refractivity contribution is -0.137. The summed E-state index contributed by atoms with van der Waals surface area (Å²) >= 11 is 0. The zero-order valence-electron chi connectivity index (χ0n) is 11.6. The molecule has 2 rings (SSSR count). The summed E-state index contributed by atoms with van der Waals surface area (Å²) in [5.41, 5.74) is 2.08. The van der Waals surface area contributed by atoms with Gasteiger partial charge in [0, 0.05) is 25.1 Å². The Bertz CT molecular complexity index is 513. The van der Waals surface area contributed by atoms with Gasteiger partial charge in [0.05, 0.1) is 7.11 Å². The Labute approximate surface area is 118 Å². The van der Waals surface area contributed by atoms with Crippen LogP contribution >= 0.6 is 0 Å². The molecule has 0 aliphatic carbocycles. The number of carboxylic acids is 1. The van der Waals surface area contributed by atoms with Gasteiger partial charge in [0.1, 0.15) is 5.75 Å². The van der Waals surface area contributed by atoms with Crippen molar-refractivity contribution in [2.45, 2.75) is 32.1 Å². The van der Waals surface area contributed by atoms with Gasteiger partial charge in [0.15, 0.2) is 0 Å². The number of aliphatic carboxylic acids is 1. The van der Waals surface area contributed by atoms with E-state index in [2.05, 4.69) is 0 Å². The van der Waals surface area contributed by atoms with Crippen LogP contribution < -0.4 is 9.64 Å². The second-order valence-corrected chi connectivity index (χ2v) is 4.89. The molecule has 20 heavy (non-hydrogen) atoms. The van der Waals surface area contributed by atoms with Crippen molar-refractivity contribution in [3.63, 3.8) is 0 Å². The number of carbonyl (C=O) groups is 2. The van der Waals surface area contributed by atoms with E-state index in [1.54, 1.807) is 12.0 Å². The third-order valence-electron chi connectivity index (χ3n) is 3.51. The van der Waals surface area contributed by atoms with E-state index in [1.807, 2.05) is 18.2 Å². The standard InChI is InChI=1S/C15H19NO4/c1-20-12-6-7-13-11(10-12)8-9-16(13)14(17)4-2-3-5-15(18)19/h6-7,10H,2-5,8-9H2,1H3,(H,18,19). The van der Waals surface area contributed by atoms with Crippen LogP contribution in [0.4, 0.5) is 5.69 Å². The van der Waals surface area contributed by atoms with Gasteiger partial charge in [-0.25, -0.2) is 0 Å². The minimum atomic E-state index is -0.809. The fourth-order valence-electron chi connectivity index (χ4n) is 2.45. The topological polar surface area (TPSA) is 66.8 Å². The van der Waals surface area contributed by atoms with Gasteiger partial charge in [-0.05, 0) is 43.0 Å². The predicted octanol–water partition coefficient (Wildman–Crippen LogP) is 2.23. The smallest absolute Gasteiger partial charge is 0.303 e. The highest BCUT2D eigenvalue weighted by Gasteiger charge is 2.24. The molecule has 0 spiro atoms. The summed E-state index contributed by atoms with van der Waals surface area (Å²) in [5, 5.41) is 8.56. The van der Waals surface area contributed by atoms with Crippen LogP contribution in [-0.2, 0) is 16.0 Å². The van der Waals surface area contributed by atoms with Gasteiger partial charge in [-0.15, -0.1) is 0 Å². The molecular weight excluding hydrogens is 258 g/mol. The molecule has 1 aliphatic heterocycles. The zero-order chi connectivity index (χ0) is 14.5. The maximum Gasteiger partial charge on any atom is 0.303 e. The molecule has 108 valence electrons. The first-order valence-corrected chi connectivity index (χ1v) is 6.81. The summed E-state index contributed by atoms with van der Waals surface area (Å²) in [7, 11) is 1.63. The van der Waals surface area contributed by atoms with Crippen molar-refractivity contribution in [2.24, 2.45) is 0 Å². The van der Waals surface area contributed by atoms with Crippen molar-refractivity contribution >= 4 is 17.6 Å². The largest absolute Gasteiger partial charge is 0.497 e. The van der Waals surface area contributed by atoms with Crippen LogP contribution in [0.3, 0.4) is 0 Å². The van der Waals surface area contributed by atoms with Gasteiger partial charge in [0.2, 0.25) is 5.91 Å². The Morgan fingerprint density at radius 2 is 2.05 bits per heavy atom. The molecule has 0 bridgehead atoms. The number of ether oxygens (including phenoxy) is 1. The first kappa shape index (κ1) is 14.4. The molecule has 0 fully saturated rings. The molecule has 5 nitrogen and oxygen atoms in total. The van der Waals surface area contributed by atoms with Crippen LogP contribution in [0.2, 0.25) is 0 Å². The Balaban J connectivity index is 1.92. The molecule has 1 amide bonds. The van der Waals surface area contributed by atoms with Crippen LogP contribution in [0, 0.1) is 0 Å². The highest BCUT2D eigenvalue weighted by atomic mass is 16.5. The number of unbranched alkanes of at least 4 members (excludes halogenated alkanes) is 1. The third kappa shape index (κ3) is 3.29. The first-order valence-electron chi connectivity index (χ1n) is 6.81. The van der Waals surface area contributed by atoms with Crippen LogP contribution in [-0.4, -0.2) is 30.6 Å². The summed E-state index contributed by atoms with van der Waals surface area (Å²) in [6.45, 7) is 0.695. The van der Waals surface area contributed by atoms with E-state index < -0.39 is 5.97 Å². The minimum Gasteiger partial charge on any atom is -0.497 e. The van der Waals surface area contributed by atoms with Crippen LogP contribution in [0.1, 0.15) is 31.2 Å². The third-order valence-corrected chi connectivity index (χ3v) is 3.51. The predicted molar refractivity (Wildman–Crippen MR) is 75.2 cm³/mol. The molecule has 0 unspecified atom stereocenters. The molecule has 0 saturated heterocycles. The van der Waals surface area contributed by atoms with E-state index in [4.69, 9.17) is 9.84 Å². The van der Waals surface area contributed by atoms with Crippen molar-refractivity contribution in [1.82, 2.24) is 0 Å². The maximum absolute atomic E-state index is 12.2. The quantitative estimate of drug-likeness (QED) is 0.810. The highest BCUT2D eigenvalue weighted by molar-refractivity contribution is 5.95. The highest BCUT2D eigenvalue weighted by Crippen LogP contribution is 2.31. The summed E-state index contributed by atoms with van der Waals surface area (Å²) in [5.74, 6) is 0.0647. The summed E-state index contributed by atoms with van der Waals surface area (Å²) in [6.07, 6.45) is 2.53. The number of fused-ring (bicyclic) bond motifs is 1. The molecule has 1 aromatic rings. The van der Waals surface area contributed by atoms with Gasteiger partial charge in [0.25, 0.3) is 0 Å². The van der Waals surface area contributed by atoms with Crippen molar-refractivity contribution in [1.29, 1.82) is 0 Å². The summed E-state index contributed by atoms with van der Waals surface area (Å²) < 4.78 is 5.18. The zero-order valence-corrected chi connectivity index (χ0v) is 11.6. The molecule has 5 heteroatoms. The van der Waals surface area contributed by atoms with Crippen LogP contribution in [0.5, 0.6) is 5.75 Å². The van der Waals surface area contributed by atoms with Gasteiger partial charge in [-0.2, -0.15) is 0 Å². The number of hydrogen-bond acceptors (Lipinski definition) is 3. The van der Waals surface area contributed by atoms with Crippen LogP contribution in [0.15, 0.2) is 18.2 Å². The molecule has 0 radical (unpaired) electrons. The molecule has 1 heterocycles. The average Bonchev–Trinajstić information content (AvgIpc) is 2.86. The SMILES string of the molecule is COc1ccc2c(c1)CCN2C(=O)CCCCC(=O)O. The van der Waals surface area contributed by atoms with E-state index in [0.717, 1.165) is 23.4 Å². The number of rotatable bonds is 6. The number of hydrogen-bond donors (Lipinski definition) is 1. The second-order valence-electron chi connectivity index (χ2n) is 4.89. The lowest BCUT2D eigenvalue weighted by Gasteiger charge is -2.17. The lowest BCUT2D eigenvalue weighted by Crippen LogP contribution is -2.28. The fraction of sp³-hybridized carbons (Fsp3) is 0.467. The van der Waals surface area contributed by atoms with Gasteiger partial charge in [-0.3, -0.25) is 9.59 Å². The van der Waals surface area contributed by atoms with Crippen molar-refractivity contribution in [2.75, 3.05) is 18.6 Å². The molecule has 0 aromatic heterocycles. The average molecular weight is 277 g/mol. The van der Waals surface area contributed by atoms with Crippen molar-refractivity contribution in [3.05, 3.63) is 23.8 Å². The van der Waals surface area contributed by atoms with E-state index in [-0.39, 0.29) is 12.3 Å². The number of carboxylic acid groups (broad SMARTS) is 1. The van der Waals surface area contributed by atoms with E-state index in [9.17, 15) is 9.59 Å². The molecule has 1 N–H and O–H groups in total. The number of nitrogens with zero attached hydrogens (tertiary/aromatic N) is 1. The Morgan fingerprint density at radius 3 is 2.75 bits per heavy atom. The fourth-order valence-corrected chi connectivity index (χ4v) is 2.45. The van der Waals surface area contributed by atoms with Gasteiger partial charge in [-0.1, -0.05) is 0 Å². The number of methoxy groups -OCH3 is 1. The number of amides is 1. The number of carbonyl (C=O) groups excluding carboxylic acids is 1. The number of anilines is 1. The van der Waals surface area contributed by atoms with Gasteiger partial charge >= 0.3 is 5.97 Å². The first-order chi connectivity index (χ1) is 9.61. The van der Waals surface area contributed by atoms with Gasteiger partial charge < -0.3 is 14.7 Å². The Morgan fingerprint density at radius 1 is 1.30 bits per heavy atom. The van der Waals surface area contributed by atoms with Crippen molar-refractivity contribution < 1.29 is 19.4 Å². The molecule has 0 atom stereocenters. The van der Waals surface area contributed by atoms with E-state index >= 15 is 0 Å². The second kappa shape index (κ2) is 6.41. The normalized spacial score (nSPS) is 13.2. The maximum atomic E-state index is 12.2.